The molecular formula is C18H21N4O2S+. The molecule has 25 heavy (non-hydrogen) atoms. The smallest absolute Gasteiger partial charge is 0.259 e. The van der Waals surface area contributed by atoms with Crippen LogP contribution in [0.25, 0.3) is 10.2 Å². The number of nitrogens with one attached hydrogen (secondary N) is 1. The first kappa shape index (κ1) is 16.2. The lowest BCUT2D eigenvalue weighted by Crippen LogP contribution is -3.13. The number of fused-ring (bicyclic) bond motifs is 1. The molecule has 6 nitrogen and oxygen atoms in total. The number of hydrogen-bond donors (Lipinski definition) is 1. The van der Waals surface area contributed by atoms with Crippen LogP contribution in [0.5, 0.6) is 0 Å². The summed E-state index contributed by atoms with van der Waals surface area (Å²) in [6.45, 7) is 7.91. The van der Waals surface area contributed by atoms with E-state index in [1.54, 1.807) is 18.3 Å². The van der Waals surface area contributed by atoms with E-state index in [1.807, 2.05) is 17.9 Å². The molecule has 0 saturated carbocycles. The predicted octanol–water partition coefficient (Wildman–Crippen LogP) is 1.44. The molecule has 1 N–H and O–H groups in total. The van der Waals surface area contributed by atoms with Gasteiger partial charge in [-0.2, -0.15) is 0 Å². The van der Waals surface area contributed by atoms with Crippen LogP contribution in [0, 0.1) is 13.8 Å². The largest absolute Gasteiger partial charge is 0.361 e. The quantitative estimate of drug-likeness (QED) is 0.770. The third-order valence-electron chi connectivity index (χ3n) is 4.74. The highest BCUT2D eigenvalue weighted by molar-refractivity contribution is 7.18. The van der Waals surface area contributed by atoms with Crippen LogP contribution < -0.4 is 4.90 Å². The summed E-state index contributed by atoms with van der Waals surface area (Å²) in [6, 6.07) is 8.25. The molecule has 0 atom stereocenters. The van der Waals surface area contributed by atoms with E-state index in [-0.39, 0.29) is 5.91 Å². The van der Waals surface area contributed by atoms with Crippen LogP contribution in [-0.2, 0) is 6.54 Å². The maximum atomic E-state index is 12.7. The molecule has 0 bridgehead atoms. The molecule has 1 aliphatic rings. The lowest BCUT2D eigenvalue weighted by molar-refractivity contribution is -0.917. The summed E-state index contributed by atoms with van der Waals surface area (Å²) in [7, 11) is 0. The lowest BCUT2D eigenvalue weighted by Gasteiger charge is -2.31. The molecule has 1 amide bonds. The van der Waals surface area contributed by atoms with E-state index in [2.05, 4.69) is 23.4 Å². The topological polar surface area (TPSA) is 63.7 Å². The van der Waals surface area contributed by atoms with E-state index in [0.717, 1.165) is 38.2 Å². The first-order chi connectivity index (χ1) is 12.1. The number of thiazole rings is 1. The highest BCUT2D eigenvalue weighted by Crippen LogP contribution is 2.21. The number of para-hydroxylation sites is 1. The summed E-state index contributed by atoms with van der Waals surface area (Å²) in [5.41, 5.74) is 2.37. The minimum atomic E-state index is 0.0373. The number of benzene rings is 1. The van der Waals surface area contributed by atoms with E-state index in [4.69, 9.17) is 9.51 Å². The van der Waals surface area contributed by atoms with Gasteiger partial charge in [-0.3, -0.25) is 4.79 Å². The molecule has 0 unspecified atom stereocenters. The zero-order chi connectivity index (χ0) is 17.4. The molecule has 1 aromatic carbocycles. The number of amides is 1. The van der Waals surface area contributed by atoms with Crippen LogP contribution in [0.15, 0.2) is 28.8 Å². The Hall–Kier alpha value is -2.25. The van der Waals surface area contributed by atoms with E-state index < -0.39 is 0 Å². The minimum absolute atomic E-state index is 0.0373. The molecule has 3 heterocycles. The van der Waals surface area contributed by atoms with Gasteiger partial charge in [0.15, 0.2) is 0 Å². The third kappa shape index (κ3) is 3.17. The van der Waals surface area contributed by atoms with Gasteiger partial charge in [0.05, 0.1) is 42.1 Å². The molecule has 3 aromatic rings. The Bertz CT molecular complexity index is 856. The normalized spacial score (nSPS) is 15.8. The number of hydrogen-bond acceptors (Lipinski definition) is 5. The predicted molar refractivity (Wildman–Crippen MR) is 95.9 cm³/mol. The van der Waals surface area contributed by atoms with Crippen molar-refractivity contribution in [2.24, 2.45) is 0 Å². The number of carbonyl (C=O) groups excluding carboxylic acids is 1. The second-order valence-electron chi connectivity index (χ2n) is 6.49. The van der Waals surface area contributed by atoms with Gasteiger partial charge < -0.3 is 14.3 Å². The van der Waals surface area contributed by atoms with E-state index >= 15 is 0 Å². The summed E-state index contributed by atoms with van der Waals surface area (Å²) in [5.74, 6) is 0.641. The Morgan fingerprint density at radius 1 is 1.28 bits per heavy atom. The Labute approximate surface area is 150 Å². The molecule has 0 spiro atoms. The fourth-order valence-corrected chi connectivity index (χ4v) is 4.40. The van der Waals surface area contributed by atoms with Gasteiger partial charge in [0.1, 0.15) is 22.9 Å². The molecule has 0 aliphatic carbocycles. The Kier molecular flexibility index (Phi) is 4.27. The van der Waals surface area contributed by atoms with Crippen molar-refractivity contribution in [3.8, 4) is 0 Å². The molecular weight excluding hydrogens is 336 g/mol. The number of piperazine rings is 1. The van der Waals surface area contributed by atoms with Crippen molar-refractivity contribution in [1.29, 1.82) is 0 Å². The number of aromatic nitrogens is 2. The monoisotopic (exact) mass is 357 g/mol. The van der Waals surface area contributed by atoms with E-state index in [9.17, 15) is 4.79 Å². The van der Waals surface area contributed by atoms with Crippen LogP contribution in [0.3, 0.4) is 0 Å². The molecule has 1 fully saturated rings. The molecule has 130 valence electrons. The number of rotatable bonds is 3. The summed E-state index contributed by atoms with van der Waals surface area (Å²) in [4.78, 5) is 20.8. The second kappa shape index (κ2) is 6.57. The van der Waals surface area contributed by atoms with Gasteiger partial charge in [-0.1, -0.05) is 17.3 Å². The molecule has 7 heteroatoms. The molecule has 0 radical (unpaired) electrons. The van der Waals surface area contributed by atoms with Crippen molar-refractivity contribution >= 4 is 27.5 Å². The fourth-order valence-electron chi connectivity index (χ4n) is 3.36. The maximum Gasteiger partial charge on any atom is 0.259 e. The zero-order valence-electron chi connectivity index (χ0n) is 14.4. The minimum Gasteiger partial charge on any atom is -0.361 e. The van der Waals surface area contributed by atoms with Crippen LogP contribution >= 0.6 is 11.3 Å². The van der Waals surface area contributed by atoms with Crippen LogP contribution in [0.4, 0.5) is 0 Å². The number of carbonyl (C=O) groups is 1. The van der Waals surface area contributed by atoms with E-state index in [1.165, 1.54) is 14.6 Å². The Balaban J connectivity index is 1.39. The van der Waals surface area contributed by atoms with Gasteiger partial charge in [0.25, 0.3) is 5.91 Å². The number of aryl methyl sites for hydroxylation is 2. The van der Waals surface area contributed by atoms with Crippen LogP contribution in [-0.4, -0.2) is 47.1 Å². The summed E-state index contributed by atoms with van der Waals surface area (Å²) >= 11 is 1.77. The average Bonchev–Trinajstić information content (AvgIpc) is 3.17. The van der Waals surface area contributed by atoms with Crippen molar-refractivity contribution in [3.05, 3.63) is 46.3 Å². The second-order valence-corrected chi connectivity index (χ2v) is 7.61. The average molecular weight is 357 g/mol. The van der Waals surface area contributed by atoms with Crippen molar-refractivity contribution in [1.82, 2.24) is 15.0 Å². The van der Waals surface area contributed by atoms with Crippen LogP contribution in [0.1, 0.15) is 26.8 Å². The standard InChI is InChI=1S/C18H20N4O2S/c1-12-17(13(2)24-20-12)18(23)22-9-7-21(8-10-22)11-16-19-14-5-3-4-6-15(14)25-16/h3-6H,7-11H2,1-2H3/p+1. The van der Waals surface area contributed by atoms with Crippen molar-refractivity contribution in [2.75, 3.05) is 26.2 Å². The highest BCUT2D eigenvalue weighted by atomic mass is 32.1. The number of quaternary nitrogens is 1. The van der Waals surface area contributed by atoms with Gasteiger partial charge in [0, 0.05) is 0 Å². The SMILES string of the molecule is Cc1noc(C)c1C(=O)N1CC[NH+](Cc2nc3ccccc3s2)CC1. The third-order valence-corrected chi connectivity index (χ3v) is 5.78. The highest BCUT2D eigenvalue weighted by Gasteiger charge is 2.28. The van der Waals surface area contributed by atoms with Gasteiger partial charge in [0.2, 0.25) is 0 Å². The zero-order valence-corrected chi connectivity index (χ0v) is 15.2. The van der Waals surface area contributed by atoms with Crippen molar-refractivity contribution < 1.29 is 14.2 Å². The van der Waals surface area contributed by atoms with Gasteiger partial charge in [-0.15, -0.1) is 11.3 Å². The van der Waals surface area contributed by atoms with Gasteiger partial charge >= 0.3 is 0 Å². The Morgan fingerprint density at radius 2 is 2.04 bits per heavy atom. The van der Waals surface area contributed by atoms with Crippen molar-refractivity contribution in [3.63, 3.8) is 0 Å². The fraction of sp³-hybridized carbons (Fsp3) is 0.389. The first-order valence-electron chi connectivity index (χ1n) is 8.52. The lowest BCUT2D eigenvalue weighted by atomic mass is 10.1. The van der Waals surface area contributed by atoms with Gasteiger partial charge in [-0.05, 0) is 26.0 Å². The molecule has 1 aliphatic heterocycles. The molecule has 2 aromatic heterocycles. The van der Waals surface area contributed by atoms with Crippen LogP contribution in [0.2, 0.25) is 0 Å². The van der Waals surface area contributed by atoms with Crippen molar-refractivity contribution in [2.45, 2.75) is 20.4 Å². The molecule has 4 rings (SSSR count). The summed E-state index contributed by atoms with van der Waals surface area (Å²) in [6.07, 6.45) is 0. The van der Waals surface area contributed by atoms with E-state index in [0.29, 0.717) is 17.0 Å². The maximum absolute atomic E-state index is 12.7. The first-order valence-corrected chi connectivity index (χ1v) is 9.33. The van der Waals surface area contributed by atoms with Gasteiger partial charge in [-0.25, -0.2) is 4.98 Å². The summed E-state index contributed by atoms with van der Waals surface area (Å²) in [5, 5.41) is 5.06. The summed E-state index contributed by atoms with van der Waals surface area (Å²) < 4.78 is 6.37. The molecule has 1 saturated heterocycles. The number of nitrogens with zero attached hydrogens (tertiary/aromatic N) is 3. The Morgan fingerprint density at radius 3 is 2.72 bits per heavy atom.